The average molecular weight is 385 g/mol. The number of carbonyl (C=O) groups excluding carboxylic acids is 1. The van der Waals surface area contributed by atoms with Crippen molar-refractivity contribution in [3.8, 4) is 0 Å². The SMILES string of the molecule is CNc1nc(N(C)CC(F)F)c(C(=O)N[C@H]2CC[C@H](C)CC2)cc1[N+](=O)[O-]. The molecule has 2 rings (SSSR count). The first kappa shape index (κ1) is 20.8. The molecule has 0 spiro atoms. The zero-order valence-corrected chi connectivity index (χ0v) is 15.7. The molecule has 0 unspecified atom stereocenters. The van der Waals surface area contributed by atoms with Crippen LogP contribution in [0.3, 0.4) is 0 Å². The molecule has 0 atom stereocenters. The Labute approximate surface area is 156 Å². The average Bonchev–Trinajstić information content (AvgIpc) is 2.61. The van der Waals surface area contributed by atoms with Gasteiger partial charge < -0.3 is 15.5 Å². The van der Waals surface area contributed by atoms with Crippen molar-refractivity contribution in [1.82, 2.24) is 10.3 Å². The Morgan fingerprint density at radius 1 is 1.41 bits per heavy atom. The molecule has 0 radical (unpaired) electrons. The van der Waals surface area contributed by atoms with Crippen molar-refractivity contribution < 1.29 is 18.5 Å². The molecule has 10 heteroatoms. The van der Waals surface area contributed by atoms with Crippen molar-refractivity contribution >= 4 is 23.2 Å². The summed E-state index contributed by atoms with van der Waals surface area (Å²) in [5.74, 6) is -0.0430. The van der Waals surface area contributed by atoms with Crippen LogP contribution >= 0.6 is 0 Å². The van der Waals surface area contributed by atoms with E-state index in [1.54, 1.807) is 0 Å². The lowest BCUT2D eigenvalue weighted by molar-refractivity contribution is -0.384. The lowest BCUT2D eigenvalue weighted by Crippen LogP contribution is -2.38. The first-order valence-electron chi connectivity index (χ1n) is 8.90. The highest BCUT2D eigenvalue weighted by molar-refractivity contribution is 6.00. The van der Waals surface area contributed by atoms with Crippen LogP contribution in [0.15, 0.2) is 6.07 Å². The number of nitrogens with one attached hydrogen (secondary N) is 2. The van der Waals surface area contributed by atoms with Crippen molar-refractivity contribution in [2.24, 2.45) is 5.92 Å². The second kappa shape index (κ2) is 8.92. The van der Waals surface area contributed by atoms with E-state index in [9.17, 15) is 23.7 Å². The second-order valence-electron chi connectivity index (χ2n) is 6.94. The number of rotatable bonds is 7. The van der Waals surface area contributed by atoms with Crippen molar-refractivity contribution in [3.63, 3.8) is 0 Å². The van der Waals surface area contributed by atoms with Crippen LogP contribution in [0.4, 0.5) is 26.1 Å². The van der Waals surface area contributed by atoms with Crippen LogP contribution in [0.2, 0.25) is 0 Å². The molecule has 1 aromatic heterocycles. The molecule has 0 aliphatic heterocycles. The van der Waals surface area contributed by atoms with Crippen LogP contribution in [-0.4, -0.2) is 48.9 Å². The summed E-state index contributed by atoms with van der Waals surface area (Å²) >= 11 is 0. The zero-order valence-electron chi connectivity index (χ0n) is 15.7. The summed E-state index contributed by atoms with van der Waals surface area (Å²) < 4.78 is 25.6. The monoisotopic (exact) mass is 385 g/mol. The van der Waals surface area contributed by atoms with Gasteiger partial charge in [0.25, 0.3) is 12.3 Å². The van der Waals surface area contributed by atoms with E-state index in [1.165, 1.54) is 14.1 Å². The number of alkyl halides is 2. The molecule has 1 amide bonds. The van der Waals surface area contributed by atoms with Gasteiger partial charge in [0.05, 0.1) is 17.0 Å². The molecule has 2 N–H and O–H groups in total. The third kappa shape index (κ3) is 5.24. The van der Waals surface area contributed by atoms with Crippen LogP contribution in [0.5, 0.6) is 0 Å². The predicted molar refractivity (Wildman–Crippen MR) is 98.6 cm³/mol. The minimum absolute atomic E-state index is 0.0214. The molecule has 1 aliphatic rings. The fourth-order valence-electron chi connectivity index (χ4n) is 3.24. The van der Waals surface area contributed by atoms with Crippen molar-refractivity contribution in [1.29, 1.82) is 0 Å². The smallest absolute Gasteiger partial charge is 0.312 e. The van der Waals surface area contributed by atoms with Crippen LogP contribution in [0.1, 0.15) is 43.0 Å². The van der Waals surface area contributed by atoms with E-state index in [1.807, 2.05) is 0 Å². The summed E-state index contributed by atoms with van der Waals surface area (Å²) in [5.41, 5.74) is -0.461. The molecular formula is C17H25F2N5O3. The van der Waals surface area contributed by atoms with Gasteiger partial charge in [-0.15, -0.1) is 0 Å². The molecule has 1 saturated carbocycles. The number of nitrogens with zero attached hydrogens (tertiary/aromatic N) is 3. The third-order valence-corrected chi connectivity index (χ3v) is 4.78. The Morgan fingerprint density at radius 2 is 2.04 bits per heavy atom. The van der Waals surface area contributed by atoms with Crippen LogP contribution in [0.25, 0.3) is 0 Å². The lowest BCUT2D eigenvalue weighted by Gasteiger charge is -2.28. The van der Waals surface area contributed by atoms with Crippen molar-refractivity contribution in [2.75, 3.05) is 30.9 Å². The van der Waals surface area contributed by atoms with Crippen LogP contribution < -0.4 is 15.5 Å². The third-order valence-electron chi connectivity index (χ3n) is 4.78. The number of nitro groups is 1. The number of aromatic nitrogens is 1. The van der Waals surface area contributed by atoms with E-state index in [2.05, 4.69) is 22.5 Å². The Morgan fingerprint density at radius 3 is 2.56 bits per heavy atom. The molecule has 1 fully saturated rings. The summed E-state index contributed by atoms with van der Waals surface area (Å²) in [6.07, 6.45) is 0.972. The molecule has 0 saturated heterocycles. The van der Waals surface area contributed by atoms with E-state index in [0.29, 0.717) is 5.92 Å². The topological polar surface area (TPSA) is 100 Å². The summed E-state index contributed by atoms with van der Waals surface area (Å²) in [7, 11) is 2.81. The van der Waals surface area contributed by atoms with Gasteiger partial charge in [0, 0.05) is 26.2 Å². The number of amides is 1. The molecule has 1 aromatic rings. The number of hydrogen-bond acceptors (Lipinski definition) is 6. The number of pyridine rings is 1. The maximum Gasteiger partial charge on any atom is 0.312 e. The number of halogens is 2. The Hall–Kier alpha value is -2.52. The Bertz CT molecular complexity index is 693. The molecule has 0 bridgehead atoms. The van der Waals surface area contributed by atoms with Crippen molar-refractivity contribution in [3.05, 3.63) is 21.7 Å². The minimum Gasteiger partial charge on any atom is -0.367 e. The van der Waals surface area contributed by atoms with Gasteiger partial charge in [-0.1, -0.05) is 6.92 Å². The van der Waals surface area contributed by atoms with E-state index in [4.69, 9.17) is 0 Å². The molecule has 27 heavy (non-hydrogen) atoms. The summed E-state index contributed by atoms with van der Waals surface area (Å²) in [5, 5.41) is 16.8. The largest absolute Gasteiger partial charge is 0.367 e. The summed E-state index contributed by atoms with van der Waals surface area (Å²) in [6, 6.07) is 1.06. The standard InChI is InChI=1S/C17H25F2N5O3/c1-10-4-6-11(7-5-10)21-17(25)12-8-13(24(26)27)15(20-2)22-16(12)23(3)9-14(18)19/h8,10-11,14H,4-7,9H2,1-3H3,(H,20,22)(H,21,25)/t10-,11-. The van der Waals surface area contributed by atoms with E-state index in [-0.39, 0.29) is 28.9 Å². The van der Waals surface area contributed by atoms with E-state index in [0.717, 1.165) is 36.6 Å². The van der Waals surface area contributed by atoms with Gasteiger partial charge >= 0.3 is 5.69 Å². The summed E-state index contributed by atoms with van der Waals surface area (Å²) in [6.45, 7) is 1.51. The zero-order chi connectivity index (χ0) is 20.1. The van der Waals surface area contributed by atoms with Gasteiger partial charge in [-0.05, 0) is 31.6 Å². The van der Waals surface area contributed by atoms with Gasteiger partial charge in [0.15, 0.2) is 0 Å². The number of hydrogen-bond donors (Lipinski definition) is 2. The molecule has 1 heterocycles. The van der Waals surface area contributed by atoms with E-state index >= 15 is 0 Å². The predicted octanol–water partition coefficient (Wildman–Crippen LogP) is 3.04. The molecule has 0 aromatic carbocycles. The molecule has 150 valence electrons. The van der Waals surface area contributed by atoms with Gasteiger partial charge in [-0.25, -0.2) is 13.8 Å². The van der Waals surface area contributed by atoms with Gasteiger partial charge in [0.2, 0.25) is 5.82 Å². The summed E-state index contributed by atoms with van der Waals surface area (Å²) in [4.78, 5) is 28.6. The second-order valence-corrected chi connectivity index (χ2v) is 6.94. The first-order valence-corrected chi connectivity index (χ1v) is 8.90. The molecule has 1 aliphatic carbocycles. The van der Waals surface area contributed by atoms with Crippen LogP contribution in [0, 0.1) is 16.0 Å². The normalized spacial score (nSPS) is 19.6. The van der Waals surface area contributed by atoms with Gasteiger partial charge in [-0.3, -0.25) is 14.9 Å². The van der Waals surface area contributed by atoms with Gasteiger partial charge in [-0.2, -0.15) is 0 Å². The quantitative estimate of drug-likeness (QED) is 0.553. The molecular weight excluding hydrogens is 360 g/mol. The fourth-order valence-corrected chi connectivity index (χ4v) is 3.24. The van der Waals surface area contributed by atoms with E-state index < -0.39 is 23.8 Å². The maximum absolute atomic E-state index is 12.8. The highest BCUT2D eigenvalue weighted by atomic mass is 19.3. The highest BCUT2D eigenvalue weighted by Crippen LogP contribution is 2.30. The van der Waals surface area contributed by atoms with Crippen molar-refractivity contribution in [2.45, 2.75) is 45.1 Å². The minimum atomic E-state index is -2.64. The highest BCUT2D eigenvalue weighted by Gasteiger charge is 2.28. The van der Waals surface area contributed by atoms with Gasteiger partial charge in [0.1, 0.15) is 5.82 Å². The molecule has 8 nitrogen and oxygen atoms in total. The maximum atomic E-state index is 12.8. The Kier molecular flexibility index (Phi) is 6.86. The fraction of sp³-hybridized carbons (Fsp3) is 0.647. The lowest BCUT2D eigenvalue weighted by atomic mass is 9.87. The number of anilines is 2. The first-order chi connectivity index (χ1) is 12.7. The number of carbonyl (C=O) groups is 1. The van der Waals surface area contributed by atoms with Crippen LogP contribution in [-0.2, 0) is 0 Å². The Balaban J connectivity index is 2.36.